The molecule has 0 spiro atoms. The number of nitriles is 2. The number of benzene rings is 1. The fraction of sp³-hybridized carbons (Fsp3) is 0.458. The second-order valence-electron chi connectivity index (χ2n) is 7.69. The first-order valence-electron chi connectivity index (χ1n) is 10.9. The van der Waals surface area contributed by atoms with Gasteiger partial charge < -0.3 is 19.6 Å². The molecule has 1 fully saturated rings. The second-order valence-corrected chi connectivity index (χ2v) is 8.66. The molecule has 7 nitrogen and oxygen atoms in total. The predicted octanol–water partition coefficient (Wildman–Crippen LogP) is 3.19. The highest BCUT2D eigenvalue weighted by Crippen LogP contribution is 2.34. The van der Waals surface area contributed by atoms with Crippen LogP contribution in [0.2, 0.25) is 0 Å². The van der Waals surface area contributed by atoms with Crippen LogP contribution in [0.15, 0.2) is 29.3 Å². The predicted molar refractivity (Wildman–Crippen MR) is 126 cm³/mol. The molecule has 0 amide bonds. The number of hydrogen-bond donors (Lipinski definition) is 1. The molecule has 8 heteroatoms. The van der Waals surface area contributed by atoms with Gasteiger partial charge in [-0.25, -0.2) is 4.98 Å². The molecule has 0 unspecified atom stereocenters. The summed E-state index contributed by atoms with van der Waals surface area (Å²) in [5.41, 5.74) is 2.90. The summed E-state index contributed by atoms with van der Waals surface area (Å²) < 4.78 is 5.41. The van der Waals surface area contributed by atoms with Crippen LogP contribution in [0.1, 0.15) is 35.6 Å². The number of aromatic nitrogens is 1. The molecular weight excluding hydrogens is 422 g/mol. The number of aliphatic hydroxyl groups excluding tert-OH is 1. The molecule has 0 atom stereocenters. The number of ether oxygens (including phenoxy) is 1. The van der Waals surface area contributed by atoms with Gasteiger partial charge >= 0.3 is 0 Å². The third-order valence-electron chi connectivity index (χ3n) is 5.50. The third-order valence-corrected chi connectivity index (χ3v) is 6.55. The van der Waals surface area contributed by atoms with Gasteiger partial charge in [0.2, 0.25) is 0 Å². The largest absolute Gasteiger partial charge is 0.491 e. The zero-order valence-electron chi connectivity index (χ0n) is 18.7. The van der Waals surface area contributed by atoms with Crippen molar-refractivity contribution in [3.05, 3.63) is 46.5 Å². The lowest BCUT2D eigenvalue weighted by molar-refractivity contribution is 0.201. The monoisotopic (exact) mass is 451 g/mol. The topological polar surface area (TPSA) is 96.4 Å². The van der Waals surface area contributed by atoms with Gasteiger partial charge in [0.25, 0.3) is 0 Å². The van der Waals surface area contributed by atoms with Crippen molar-refractivity contribution in [3.63, 3.8) is 0 Å². The van der Waals surface area contributed by atoms with Crippen molar-refractivity contribution >= 4 is 17.6 Å². The van der Waals surface area contributed by atoms with E-state index in [1.807, 2.05) is 31.2 Å². The Bertz CT molecular complexity index is 997. The summed E-state index contributed by atoms with van der Waals surface area (Å²) in [6.45, 7) is 5.83. The fourth-order valence-electron chi connectivity index (χ4n) is 3.77. The Morgan fingerprint density at radius 2 is 1.84 bits per heavy atom. The van der Waals surface area contributed by atoms with Gasteiger partial charge in [0.1, 0.15) is 35.3 Å². The molecule has 1 aromatic carbocycles. The van der Waals surface area contributed by atoms with Crippen LogP contribution in [-0.4, -0.2) is 61.4 Å². The highest BCUT2D eigenvalue weighted by molar-refractivity contribution is 7.98. The number of nitrogens with zero attached hydrogens (tertiary/aromatic N) is 5. The highest BCUT2D eigenvalue weighted by atomic mass is 32.2. The highest BCUT2D eigenvalue weighted by Gasteiger charge is 2.24. The first kappa shape index (κ1) is 23.9. The van der Waals surface area contributed by atoms with Crippen molar-refractivity contribution in [3.8, 4) is 17.9 Å². The molecule has 168 valence electrons. The van der Waals surface area contributed by atoms with E-state index in [1.165, 1.54) is 11.8 Å². The lowest BCUT2D eigenvalue weighted by atomic mass is 10.0. The third kappa shape index (κ3) is 5.72. The molecule has 1 aromatic heterocycles. The van der Waals surface area contributed by atoms with E-state index in [1.54, 1.807) is 0 Å². The normalized spacial score (nSPS) is 14.5. The Labute approximate surface area is 194 Å². The van der Waals surface area contributed by atoms with Gasteiger partial charge in [0, 0.05) is 25.4 Å². The van der Waals surface area contributed by atoms with Crippen molar-refractivity contribution in [1.29, 1.82) is 10.5 Å². The Kier molecular flexibility index (Phi) is 8.75. The van der Waals surface area contributed by atoms with Crippen LogP contribution in [0.3, 0.4) is 0 Å². The minimum absolute atomic E-state index is 0.0195. The molecule has 1 aliphatic heterocycles. The lowest BCUT2D eigenvalue weighted by Gasteiger charge is -2.25. The van der Waals surface area contributed by atoms with E-state index in [0.717, 1.165) is 43.7 Å². The smallest absolute Gasteiger partial charge is 0.148 e. The van der Waals surface area contributed by atoms with E-state index in [0.29, 0.717) is 39.9 Å². The molecule has 0 bridgehead atoms. The summed E-state index contributed by atoms with van der Waals surface area (Å²) in [7, 11) is 2.11. The van der Waals surface area contributed by atoms with Gasteiger partial charge in [-0.3, -0.25) is 0 Å². The van der Waals surface area contributed by atoms with Crippen LogP contribution in [-0.2, 0) is 12.2 Å². The maximum absolute atomic E-state index is 9.92. The number of hydrogen-bond acceptors (Lipinski definition) is 8. The van der Waals surface area contributed by atoms with Gasteiger partial charge in [-0.1, -0.05) is 19.1 Å². The number of aliphatic hydroxyl groups is 1. The van der Waals surface area contributed by atoms with E-state index in [2.05, 4.69) is 29.0 Å². The zero-order chi connectivity index (χ0) is 22.9. The Morgan fingerprint density at radius 3 is 2.50 bits per heavy atom. The first-order valence-corrected chi connectivity index (χ1v) is 11.9. The first-order chi connectivity index (χ1) is 15.6. The molecule has 0 aliphatic carbocycles. The van der Waals surface area contributed by atoms with Crippen LogP contribution >= 0.6 is 11.8 Å². The molecule has 1 aliphatic rings. The van der Waals surface area contributed by atoms with Crippen molar-refractivity contribution in [2.45, 2.75) is 30.5 Å². The lowest BCUT2D eigenvalue weighted by Crippen LogP contribution is -2.30. The van der Waals surface area contributed by atoms with Gasteiger partial charge in [-0.2, -0.15) is 10.5 Å². The summed E-state index contributed by atoms with van der Waals surface area (Å²) in [5, 5.41) is 29.4. The summed E-state index contributed by atoms with van der Waals surface area (Å²) in [6.07, 6.45) is 1.62. The van der Waals surface area contributed by atoms with E-state index in [4.69, 9.17) is 14.8 Å². The molecule has 32 heavy (non-hydrogen) atoms. The average molecular weight is 452 g/mol. The number of anilines is 1. The maximum atomic E-state index is 9.92. The minimum Gasteiger partial charge on any atom is -0.491 e. The summed E-state index contributed by atoms with van der Waals surface area (Å²) in [5.74, 6) is 2.07. The van der Waals surface area contributed by atoms with Gasteiger partial charge in [-0.05, 0) is 49.7 Å². The number of pyridine rings is 1. The van der Waals surface area contributed by atoms with E-state index < -0.39 is 0 Å². The molecule has 0 radical (unpaired) electrons. The molecular formula is C24H29N5O2S. The van der Waals surface area contributed by atoms with E-state index in [-0.39, 0.29) is 13.2 Å². The number of rotatable bonds is 8. The van der Waals surface area contributed by atoms with Crippen LogP contribution in [0.4, 0.5) is 5.82 Å². The molecule has 2 heterocycles. The average Bonchev–Trinajstić information content (AvgIpc) is 3.05. The number of likely N-dealkylation sites (N-methyl/N-ethyl adjacent to an activating group) is 1. The van der Waals surface area contributed by atoms with Crippen LogP contribution in [0.25, 0.3) is 0 Å². The Morgan fingerprint density at radius 1 is 1.09 bits per heavy atom. The Hall–Kier alpha value is -2.78. The summed E-state index contributed by atoms with van der Waals surface area (Å²) in [4.78, 5) is 9.35. The summed E-state index contributed by atoms with van der Waals surface area (Å²) in [6, 6.07) is 12.3. The van der Waals surface area contributed by atoms with Crippen LogP contribution < -0.4 is 9.64 Å². The molecule has 1 saturated heterocycles. The van der Waals surface area contributed by atoms with Crippen molar-refractivity contribution in [2.75, 3.05) is 51.3 Å². The van der Waals surface area contributed by atoms with Crippen LogP contribution in [0.5, 0.6) is 5.75 Å². The fourth-order valence-corrected chi connectivity index (χ4v) is 4.73. The van der Waals surface area contributed by atoms with Gasteiger partial charge in [0.15, 0.2) is 0 Å². The maximum Gasteiger partial charge on any atom is 0.148 e. The van der Waals surface area contributed by atoms with E-state index >= 15 is 0 Å². The second kappa shape index (κ2) is 11.7. The quantitative estimate of drug-likeness (QED) is 0.611. The summed E-state index contributed by atoms with van der Waals surface area (Å²) >= 11 is 1.52. The van der Waals surface area contributed by atoms with Crippen LogP contribution in [0, 0.1) is 22.7 Å². The molecule has 1 N–H and O–H groups in total. The van der Waals surface area contributed by atoms with Gasteiger partial charge in [-0.15, -0.1) is 11.8 Å². The molecule has 2 aromatic rings. The Balaban J connectivity index is 1.89. The van der Waals surface area contributed by atoms with Crippen molar-refractivity contribution < 1.29 is 9.84 Å². The zero-order valence-corrected chi connectivity index (χ0v) is 19.5. The standard InChI is InChI=1S/C24H29N5O2S/c1-3-20-21(15-25)23(29-10-4-9-28(2)11-12-29)27-24(22(20)16-26)32-17-18-5-7-19(8-6-18)31-14-13-30/h5-8,30H,3-4,9-14,17H2,1-2H3. The van der Waals surface area contributed by atoms with Gasteiger partial charge in [0.05, 0.1) is 17.7 Å². The van der Waals surface area contributed by atoms with Crippen molar-refractivity contribution in [2.24, 2.45) is 0 Å². The minimum atomic E-state index is -0.0195. The molecule has 0 saturated carbocycles. The molecule has 3 rings (SSSR count). The van der Waals surface area contributed by atoms with Crippen molar-refractivity contribution in [1.82, 2.24) is 9.88 Å². The number of thioether (sulfide) groups is 1. The van der Waals surface area contributed by atoms with E-state index in [9.17, 15) is 10.5 Å². The SMILES string of the molecule is CCc1c(C#N)c(SCc2ccc(OCCO)cc2)nc(N2CCCN(C)CC2)c1C#N.